The molecule has 0 radical (unpaired) electrons. The van der Waals surface area contributed by atoms with Crippen molar-refractivity contribution in [3.8, 4) is 0 Å². The Balaban J connectivity index is 1.08. The number of unbranched alkanes of at least 4 members (excludes halogenated alkanes) is 16. The molecular weight excluding hydrogens is 603 g/mol. The molecule has 258 valence electrons. The molecule has 0 saturated carbocycles. The molecule has 2 heterocycles. The third kappa shape index (κ3) is 16.6. The van der Waals surface area contributed by atoms with E-state index in [0.717, 1.165) is 57.1 Å². The second-order valence-electron chi connectivity index (χ2n) is 13.3. The molecule has 1 aromatic rings. The predicted molar refractivity (Wildman–Crippen MR) is 189 cm³/mol. The highest BCUT2D eigenvalue weighted by atomic mass is 32.2. The smallest absolute Gasteiger partial charge is 0.299 e. The van der Waals surface area contributed by atoms with Gasteiger partial charge in [-0.25, -0.2) is 4.18 Å². The molecule has 2 aliphatic rings. The lowest BCUT2D eigenvalue weighted by molar-refractivity contribution is 0.0153. The summed E-state index contributed by atoms with van der Waals surface area (Å²) in [4.78, 5) is 2.19. The van der Waals surface area contributed by atoms with Gasteiger partial charge in [0.15, 0.2) is 0 Å². The molecule has 1 aromatic carbocycles. The van der Waals surface area contributed by atoms with Gasteiger partial charge in [-0.2, -0.15) is 8.42 Å². The summed E-state index contributed by atoms with van der Waals surface area (Å²) in [6.45, 7) is 7.52. The maximum atomic E-state index is 12.7. The van der Waals surface area contributed by atoms with E-state index in [2.05, 4.69) is 6.92 Å². The Bertz CT molecular complexity index is 1020. The lowest BCUT2D eigenvalue weighted by atomic mass is 9.97. The lowest BCUT2D eigenvalue weighted by Gasteiger charge is -2.24. The average Bonchev–Trinajstić information content (AvgIpc) is 3.67. The van der Waals surface area contributed by atoms with Gasteiger partial charge < -0.3 is 14.4 Å². The topological polar surface area (TPSA) is 65.1 Å². The van der Waals surface area contributed by atoms with E-state index in [0.29, 0.717) is 6.10 Å². The first kappa shape index (κ1) is 38.4. The van der Waals surface area contributed by atoms with Crippen LogP contribution in [0.3, 0.4) is 0 Å². The summed E-state index contributed by atoms with van der Waals surface area (Å²) in [5.41, 5.74) is 0.494. The highest BCUT2D eigenvalue weighted by molar-refractivity contribution is 8.03. The Morgan fingerprint density at radius 3 is 2.09 bits per heavy atom. The molecule has 0 spiro atoms. The summed E-state index contributed by atoms with van der Waals surface area (Å²) in [5, 5.41) is 1.91. The molecule has 3 rings (SSSR count). The number of nitrogens with zero attached hydrogens (tertiary/aromatic N) is 1. The van der Waals surface area contributed by atoms with Crippen molar-refractivity contribution in [3.05, 3.63) is 41.4 Å². The Morgan fingerprint density at radius 1 is 0.822 bits per heavy atom. The van der Waals surface area contributed by atoms with Crippen LogP contribution in [0.1, 0.15) is 141 Å². The quantitative estimate of drug-likeness (QED) is 0.0684. The zero-order chi connectivity index (χ0) is 32.0. The molecule has 3 atom stereocenters. The Morgan fingerprint density at radius 2 is 1.42 bits per heavy atom. The van der Waals surface area contributed by atoms with Crippen molar-refractivity contribution >= 4 is 21.9 Å². The van der Waals surface area contributed by atoms with E-state index in [1.165, 1.54) is 121 Å². The number of thioether (sulfide) groups is 1. The van der Waals surface area contributed by atoms with Crippen LogP contribution in [0.2, 0.25) is 0 Å². The normalized spacial score (nSPS) is 20.0. The largest absolute Gasteiger partial charge is 0.379 e. The minimum atomic E-state index is -3.79. The van der Waals surface area contributed by atoms with Crippen LogP contribution in [0.5, 0.6) is 0 Å². The molecule has 0 bridgehead atoms. The minimum Gasteiger partial charge on any atom is -0.379 e. The third-order valence-electron chi connectivity index (χ3n) is 9.13. The van der Waals surface area contributed by atoms with E-state index in [-0.39, 0.29) is 4.90 Å². The number of rotatable bonds is 27. The Kier molecular flexibility index (Phi) is 19.9. The zero-order valence-corrected chi connectivity index (χ0v) is 30.1. The number of hydrogen-bond acceptors (Lipinski definition) is 7. The van der Waals surface area contributed by atoms with Gasteiger partial charge >= 0.3 is 0 Å². The van der Waals surface area contributed by atoms with Gasteiger partial charge in [-0.15, -0.1) is 0 Å². The maximum absolute atomic E-state index is 12.7. The fourth-order valence-electron chi connectivity index (χ4n) is 6.25. The third-order valence-corrected chi connectivity index (χ3v) is 11.4. The molecular formula is C37H63NO5S2. The van der Waals surface area contributed by atoms with Gasteiger partial charge in [0.1, 0.15) is 0 Å². The van der Waals surface area contributed by atoms with Crippen molar-refractivity contribution in [3.63, 3.8) is 0 Å². The summed E-state index contributed by atoms with van der Waals surface area (Å²) in [6, 6.07) is 6.79. The number of ether oxygens (including phenoxy) is 2. The first-order valence-electron chi connectivity index (χ1n) is 18.2. The van der Waals surface area contributed by atoms with Gasteiger partial charge in [-0.1, -0.05) is 139 Å². The van der Waals surface area contributed by atoms with Crippen LogP contribution < -0.4 is 0 Å². The number of hydrogen-bond donors (Lipinski definition) is 0. The summed E-state index contributed by atoms with van der Waals surface area (Å²) in [6.07, 6.45) is 28.5. The standard InChI is InChI=1S/C37H63NO5S2/c1-3-4-5-6-7-8-9-10-11-12-15-18-21-34-30-35(42-31-34)32-41-28-20-17-14-13-16-19-26-38-27-29-44-37(38)43-45(39,40)36-24-22-33(2)23-25-36/h22-25,27,29,34-35,37H,3-21,26,28,30-32H2,1-2H3. The summed E-state index contributed by atoms with van der Waals surface area (Å²) >= 11 is 1.39. The SMILES string of the molecule is CCCCCCCCCCCCCCC1COC(COCCCCCCCCN2C=CSC2OS(=O)(=O)c2ccc(C)cc2)C1. The second kappa shape index (κ2) is 23.3. The molecule has 45 heavy (non-hydrogen) atoms. The van der Waals surface area contributed by atoms with E-state index < -0.39 is 15.7 Å². The van der Waals surface area contributed by atoms with Crippen LogP contribution in [-0.4, -0.2) is 51.3 Å². The van der Waals surface area contributed by atoms with Crippen molar-refractivity contribution in [1.82, 2.24) is 4.90 Å². The fraction of sp³-hybridized carbons (Fsp3) is 0.784. The molecule has 6 nitrogen and oxygen atoms in total. The predicted octanol–water partition coefficient (Wildman–Crippen LogP) is 10.4. The summed E-state index contributed by atoms with van der Waals surface area (Å²) in [5.74, 6) is 0.732. The van der Waals surface area contributed by atoms with Crippen molar-refractivity contribution < 1.29 is 22.1 Å². The maximum Gasteiger partial charge on any atom is 0.299 e. The lowest BCUT2D eigenvalue weighted by Crippen LogP contribution is -2.30. The fourth-order valence-corrected chi connectivity index (χ4v) is 8.34. The van der Waals surface area contributed by atoms with E-state index in [9.17, 15) is 8.42 Å². The molecule has 0 aromatic heterocycles. The summed E-state index contributed by atoms with van der Waals surface area (Å²) in [7, 11) is -3.79. The first-order valence-corrected chi connectivity index (χ1v) is 20.6. The molecule has 0 N–H and O–H groups in total. The number of benzene rings is 1. The molecule has 8 heteroatoms. The first-order chi connectivity index (χ1) is 22.0. The van der Waals surface area contributed by atoms with Gasteiger partial charge in [0.05, 0.1) is 17.6 Å². The van der Waals surface area contributed by atoms with Gasteiger partial charge in [0, 0.05) is 26.0 Å². The molecule has 3 unspecified atom stereocenters. The van der Waals surface area contributed by atoms with Gasteiger partial charge in [0.25, 0.3) is 10.1 Å². The molecule has 1 saturated heterocycles. The van der Waals surface area contributed by atoms with Crippen molar-refractivity contribution in [2.24, 2.45) is 5.92 Å². The van der Waals surface area contributed by atoms with Crippen LogP contribution in [0, 0.1) is 12.8 Å². The molecule has 2 aliphatic heterocycles. The van der Waals surface area contributed by atoms with Crippen LogP contribution in [0.15, 0.2) is 40.8 Å². The van der Waals surface area contributed by atoms with Crippen molar-refractivity contribution in [2.75, 3.05) is 26.4 Å². The Hall–Kier alpha value is -1.06. The van der Waals surface area contributed by atoms with Crippen LogP contribution in [0.4, 0.5) is 0 Å². The van der Waals surface area contributed by atoms with Crippen LogP contribution in [-0.2, 0) is 23.8 Å². The number of aryl methyl sites for hydroxylation is 1. The van der Waals surface area contributed by atoms with Crippen LogP contribution in [0.25, 0.3) is 0 Å². The van der Waals surface area contributed by atoms with Gasteiger partial charge in [-0.3, -0.25) is 0 Å². The summed E-state index contributed by atoms with van der Waals surface area (Å²) < 4.78 is 42.8. The minimum absolute atomic E-state index is 0.203. The van der Waals surface area contributed by atoms with Crippen LogP contribution >= 0.6 is 11.8 Å². The van der Waals surface area contributed by atoms with E-state index in [4.69, 9.17) is 13.7 Å². The van der Waals surface area contributed by atoms with E-state index in [1.54, 1.807) is 24.3 Å². The average molecular weight is 666 g/mol. The van der Waals surface area contributed by atoms with E-state index in [1.807, 2.05) is 23.4 Å². The van der Waals surface area contributed by atoms with E-state index >= 15 is 0 Å². The van der Waals surface area contributed by atoms with Crippen molar-refractivity contribution in [2.45, 2.75) is 159 Å². The highest BCUT2D eigenvalue weighted by Gasteiger charge is 2.28. The molecule has 0 amide bonds. The Labute approximate surface area is 280 Å². The molecule has 0 aliphatic carbocycles. The highest BCUT2D eigenvalue weighted by Crippen LogP contribution is 2.30. The second-order valence-corrected chi connectivity index (χ2v) is 15.8. The van der Waals surface area contributed by atoms with Crippen molar-refractivity contribution in [1.29, 1.82) is 0 Å². The van der Waals surface area contributed by atoms with Gasteiger partial charge in [0.2, 0.25) is 5.56 Å². The monoisotopic (exact) mass is 665 g/mol. The molecule has 1 fully saturated rings. The van der Waals surface area contributed by atoms with Gasteiger partial charge in [-0.05, 0) is 56.1 Å². The zero-order valence-electron chi connectivity index (χ0n) is 28.5.